The lowest BCUT2D eigenvalue weighted by Crippen LogP contribution is -2.13. The van der Waals surface area contributed by atoms with E-state index >= 15 is 0 Å². The molecule has 92 valence electrons. The minimum Gasteiger partial charge on any atom is -0.320 e. The summed E-state index contributed by atoms with van der Waals surface area (Å²) >= 11 is 1.30. The first-order valence-corrected chi connectivity index (χ1v) is 5.90. The van der Waals surface area contributed by atoms with E-state index in [0.717, 1.165) is 0 Å². The highest BCUT2D eigenvalue weighted by molar-refractivity contribution is 7.12. The Bertz CT molecular complexity index is 620. The fourth-order valence-electron chi connectivity index (χ4n) is 1.22. The van der Waals surface area contributed by atoms with Crippen molar-refractivity contribution in [1.29, 1.82) is 0 Å². The lowest BCUT2D eigenvalue weighted by atomic mass is 10.2. The van der Waals surface area contributed by atoms with Crippen LogP contribution in [0.15, 0.2) is 11.4 Å². The van der Waals surface area contributed by atoms with Gasteiger partial charge in [0, 0.05) is 5.56 Å². The van der Waals surface area contributed by atoms with Crippen molar-refractivity contribution in [2.75, 3.05) is 11.9 Å². The van der Waals surface area contributed by atoms with E-state index in [1.165, 1.54) is 16.1 Å². The van der Waals surface area contributed by atoms with Gasteiger partial charge in [0.25, 0.3) is 11.9 Å². The van der Waals surface area contributed by atoms with Crippen LogP contribution in [0, 0.1) is 11.8 Å². The molecular weight excluding hydrogens is 252 g/mol. The maximum absolute atomic E-state index is 12.0. The van der Waals surface area contributed by atoms with Gasteiger partial charge in [0.05, 0.1) is 13.6 Å². The van der Waals surface area contributed by atoms with Crippen LogP contribution in [0.4, 0.5) is 5.95 Å². The third kappa shape index (κ3) is 2.71. The fourth-order valence-corrected chi connectivity index (χ4v) is 1.97. The summed E-state index contributed by atoms with van der Waals surface area (Å²) < 4.78 is 0. The first-order valence-electron chi connectivity index (χ1n) is 5.02. The zero-order chi connectivity index (χ0) is 13.0. The summed E-state index contributed by atoms with van der Waals surface area (Å²) in [5.41, 5.74) is 5.94. The summed E-state index contributed by atoms with van der Waals surface area (Å²) in [6.07, 6.45) is 0. The van der Waals surface area contributed by atoms with E-state index in [4.69, 9.17) is 5.73 Å². The number of thiophene rings is 1. The van der Waals surface area contributed by atoms with Crippen LogP contribution in [0.5, 0.6) is 0 Å². The van der Waals surface area contributed by atoms with Gasteiger partial charge in [-0.05, 0) is 16.7 Å². The quantitative estimate of drug-likeness (QED) is 0.732. The lowest BCUT2D eigenvalue weighted by molar-refractivity contribution is 0.102. The van der Waals surface area contributed by atoms with Gasteiger partial charge in [-0.1, -0.05) is 16.9 Å². The van der Waals surface area contributed by atoms with Crippen LogP contribution in [0.1, 0.15) is 15.2 Å². The summed E-state index contributed by atoms with van der Waals surface area (Å²) in [5.74, 6) is 5.40. The van der Waals surface area contributed by atoms with Crippen LogP contribution < -0.4 is 11.1 Å². The van der Waals surface area contributed by atoms with E-state index in [1.54, 1.807) is 18.5 Å². The summed E-state index contributed by atoms with van der Waals surface area (Å²) in [6.45, 7) is 0.253. The molecule has 0 fully saturated rings. The van der Waals surface area contributed by atoms with Gasteiger partial charge in [-0.25, -0.2) is 0 Å². The summed E-state index contributed by atoms with van der Waals surface area (Å²) in [7, 11) is 1.62. The van der Waals surface area contributed by atoms with Gasteiger partial charge in [0.15, 0.2) is 0 Å². The molecule has 0 atom stereocenters. The number of aromatic nitrogens is 4. The van der Waals surface area contributed by atoms with Crippen LogP contribution in [0.2, 0.25) is 0 Å². The Balaban J connectivity index is 2.16. The first-order chi connectivity index (χ1) is 8.70. The smallest absolute Gasteiger partial charge is 0.270 e. The fraction of sp³-hybridized carbons (Fsp3) is 0.200. The Morgan fingerprint density at radius 2 is 2.50 bits per heavy atom. The van der Waals surface area contributed by atoms with Gasteiger partial charge in [0.2, 0.25) is 0 Å². The topological polar surface area (TPSA) is 98.7 Å². The molecule has 7 nitrogen and oxygen atoms in total. The first kappa shape index (κ1) is 12.2. The number of carbonyl (C=O) groups excluding carboxylic acids is 1. The van der Waals surface area contributed by atoms with E-state index in [1.807, 2.05) is 0 Å². The largest absolute Gasteiger partial charge is 0.320 e. The number of aryl methyl sites for hydroxylation is 1. The Morgan fingerprint density at radius 1 is 1.67 bits per heavy atom. The number of nitrogens with one attached hydrogen (secondary N) is 1. The van der Waals surface area contributed by atoms with Crippen molar-refractivity contribution in [3.8, 4) is 11.8 Å². The van der Waals surface area contributed by atoms with E-state index in [0.29, 0.717) is 10.4 Å². The Kier molecular flexibility index (Phi) is 3.66. The van der Waals surface area contributed by atoms with Gasteiger partial charge >= 0.3 is 0 Å². The molecule has 0 saturated carbocycles. The van der Waals surface area contributed by atoms with E-state index in [2.05, 4.69) is 32.6 Å². The van der Waals surface area contributed by atoms with E-state index < -0.39 is 0 Å². The molecule has 0 aromatic carbocycles. The number of hydrogen-bond acceptors (Lipinski definition) is 6. The standard InChI is InChI=1S/C10H10N6OS/c1-16-14-10(13-15-16)12-9(17)8-7(3-2-5-11)4-6-18-8/h4,6H,5,11H2,1H3,(H,12,14,17). The minimum absolute atomic E-state index is 0.161. The molecule has 0 unspecified atom stereocenters. The van der Waals surface area contributed by atoms with E-state index in [-0.39, 0.29) is 18.4 Å². The molecule has 0 spiro atoms. The second-order valence-electron chi connectivity index (χ2n) is 3.23. The molecule has 2 aromatic rings. The second-order valence-corrected chi connectivity index (χ2v) is 4.14. The Morgan fingerprint density at radius 3 is 3.17 bits per heavy atom. The number of amides is 1. The molecule has 0 aliphatic rings. The van der Waals surface area contributed by atoms with Gasteiger partial charge in [-0.2, -0.15) is 4.80 Å². The number of rotatable bonds is 2. The number of nitrogens with two attached hydrogens (primary N) is 1. The zero-order valence-corrected chi connectivity index (χ0v) is 10.4. The Hall–Kier alpha value is -2.24. The van der Waals surface area contributed by atoms with Crippen LogP contribution in [-0.2, 0) is 7.05 Å². The predicted octanol–water partition coefficient (Wildman–Crippen LogP) is -0.166. The number of hydrogen-bond donors (Lipinski definition) is 2. The van der Waals surface area contributed by atoms with E-state index in [9.17, 15) is 4.79 Å². The highest BCUT2D eigenvalue weighted by Gasteiger charge is 2.14. The van der Waals surface area contributed by atoms with Crippen molar-refractivity contribution in [2.24, 2.45) is 12.8 Å². The second kappa shape index (κ2) is 5.39. The summed E-state index contributed by atoms with van der Waals surface area (Å²) in [5, 5.41) is 15.5. The van der Waals surface area contributed by atoms with Gasteiger partial charge in [-0.15, -0.1) is 16.4 Å². The minimum atomic E-state index is -0.306. The van der Waals surface area contributed by atoms with Gasteiger partial charge in [-0.3, -0.25) is 10.1 Å². The maximum Gasteiger partial charge on any atom is 0.270 e. The molecular formula is C10H10N6OS. The van der Waals surface area contributed by atoms with Crippen molar-refractivity contribution >= 4 is 23.2 Å². The predicted molar refractivity (Wildman–Crippen MR) is 67.0 cm³/mol. The molecule has 2 rings (SSSR count). The molecule has 18 heavy (non-hydrogen) atoms. The summed E-state index contributed by atoms with van der Waals surface area (Å²) in [6, 6.07) is 1.77. The molecule has 0 saturated heterocycles. The third-order valence-electron chi connectivity index (χ3n) is 1.93. The monoisotopic (exact) mass is 262 g/mol. The molecule has 0 radical (unpaired) electrons. The van der Waals surface area contributed by atoms with Crippen molar-refractivity contribution in [3.63, 3.8) is 0 Å². The zero-order valence-electron chi connectivity index (χ0n) is 9.54. The number of carbonyl (C=O) groups is 1. The van der Waals surface area contributed by atoms with Crippen molar-refractivity contribution in [3.05, 3.63) is 21.9 Å². The molecule has 8 heteroatoms. The normalized spacial score (nSPS) is 9.67. The Labute approximate surface area is 107 Å². The van der Waals surface area contributed by atoms with Crippen LogP contribution in [0.25, 0.3) is 0 Å². The molecule has 2 heterocycles. The SMILES string of the molecule is Cn1nnc(NC(=O)c2sccc2C#CCN)n1. The molecule has 2 aromatic heterocycles. The highest BCUT2D eigenvalue weighted by atomic mass is 32.1. The van der Waals surface area contributed by atoms with Gasteiger partial charge < -0.3 is 5.73 Å². The highest BCUT2D eigenvalue weighted by Crippen LogP contribution is 2.16. The number of nitrogens with zero attached hydrogens (tertiary/aromatic N) is 4. The lowest BCUT2D eigenvalue weighted by Gasteiger charge is -1.97. The van der Waals surface area contributed by atoms with Crippen LogP contribution in [-0.4, -0.2) is 32.7 Å². The molecule has 3 N–H and O–H groups in total. The summed E-state index contributed by atoms with van der Waals surface area (Å²) in [4.78, 5) is 13.7. The van der Waals surface area contributed by atoms with Crippen molar-refractivity contribution in [1.82, 2.24) is 20.2 Å². The van der Waals surface area contributed by atoms with Crippen LogP contribution >= 0.6 is 11.3 Å². The average molecular weight is 262 g/mol. The van der Waals surface area contributed by atoms with Crippen LogP contribution in [0.3, 0.4) is 0 Å². The third-order valence-corrected chi connectivity index (χ3v) is 2.84. The molecule has 0 bridgehead atoms. The maximum atomic E-state index is 12.0. The number of anilines is 1. The van der Waals surface area contributed by atoms with Gasteiger partial charge in [0.1, 0.15) is 4.88 Å². The van der Waals surface area contributed by atoms with Crippen molar-refractivity contribution < 1.29 is 4.79 Å². The average Bonchev–Trinajstić information content (AvgIpc) is 2.95. The molecule has 0 aliphatic carbocycles. The molecule has 0 aliphatic heterocycles. The number of tetrazole rings is 1. The molecule has 1 amide bonds. The van der Waals surface area contributed by atoms with Crippen molar-refractivity contribution in [2.45, 2.75) is 0 Å².